The van der Waals surface area contributed by atoms with Gasteiger partial charge >= 0.3 is 0 Å². The van der Waals surface area contributed by atoms with Gasteiger partial charge in [-0.25, -0.2) is 4.39 Å². The number of nitrogens with two attached hydrogens (primary N) is 1. The van der Waals surface area contributed by atoms with Crippen LogP contribution in [0.25, 0.3) is 0 Å². The normalized spacial score (nSPS) is 10.1. The second-order valence-electron chi connectivity index (χ2n) is 2.17. The highest BCUT2D eigenvalue weighted by atomic mass is 32.2. The lowest BCUT2D eigenvalue weighted by Gasteiger charge is -2.00. The minimum Gasteiger partial charge on any atom is -0.326 e. The minimum absolute atomic E-state index is 0.180. The lowest BCUT2D eigenvalue weighted by Crippen LogP contribution is -1.96. The molecule has 0 fully saturated rings. The molecule has 1 rings (SSSR count). The Bertz CT molecular complexity index is 250. The average Bonchev–Trinajstić information content (AvgIpc) is 2.04. The van der Waals surface area contributed by atoms with Crippen molar-refractivity contribution in [3.63, 3.8) is 0 Å². The lowest BCUT2D eigenvalue weighted by molar-refractivity contribution is 0.600. The van der Waals surface area contributed by atoms with E-state index in [2.05, 4.69) is 0 Å². The molecule has 1 aromatic rings. The van der Waals surface area contributed by atoms with E-state index >= 15 is 0 Å². The van der Waals surface area contributed by atoms with Crippen LogP contribution >= 0.6 is 11.8 Å². The van der Waals surface area contributed by atoms with E-state index in [4.69, 9.17) is 5.73 Å². The van der Waals surface area contributed by atoms with Crippen LogP contribution in [0.3, 0.4) is 0 Å². The molecular formula is C8H10FNS. The van der Waals surface area contributed by atoms with Gasteiger partial charge < -0.3 is 5.73 Å². The van der Waals surface area contributed by atoms with Crippen molar-refractivity contribution in [1.82, 2.24) is 0 Å². The second-order valence-corrected chi connectivity index (χ2v) is 3.02. The summed E-state index contributed by atoms with van der Waals surface area (Å²) in [5.41, 5.74) is 6.17. The molecule has 0 aromatic heterocycles. The van der Waals surface area contributed by atoms with E-state index in [-0.39, 0.29) is 5.82 Å². The molecule has 0 bridgehead atoms. The van der Waals surface area contributed by atoms with E-state index in [1.807, 2.05) is 12.3 Å². The molecule has 0 radical (unpaired) electrons. The van der Waals surface area contributed by atoms with Gasteiger partial charge in [0.15, 0.2) is 0 Å². The summed E-state index contributed by atoms with van der Waals surface area (Å²) in [6, 6.07) is 5.07. The van der Waals surface area contributed by atoms with Crippen LogP contribution in [0.1, 0.15) is 5.56 Å². The van der Waals surface area contributed by atoms with Gasteiger partial charge in [0.2, 0.25) is 0 Å². The second kappa shape index (κ2) is 3.74. The van der Waals surface area contributed by atoms with Crippen LogP contribution < -0.4 is 5.73 Å². The third-order valence-corrected chi connectivity index (χ3v) is 2.22. The van der Waals surface area contributed by atoms with Crippen LogP contribution in [0.5, 0.6) is 0 Å². The molecule has 0 saturated heterocycles. The Hall–Kier alpha value is -0.540. The molecule has 1 nitrogen and oxygen atoms in total. The molecule has 3 heteroatoms. The SMILES string of the molecule is CSc1ccc(CN)cc1F. The molecule has 0 unspecified atom stereocenters. The van der Waals surface area contributed by atoms with E-state index in [1.165, 1.54) is 17.8 Å². The Kier molecular flexibility index (Phi) is 2.91. The number of benzene rings is 1. The third kappa shape index (κ3) is 1.94. The molecule has 60 valence electrons. The highest BCUT2D eigenvalue weighted by Crippen LogP contribution is 2.19. The van der Waals surface area contributed by atoms with Gasteiger partial charge in [0.1, 0.15) is 5.82 Å². The molecule has 0 aliphatic heterocycles. The van der Waals surface area contributed by atoms with Crippen molar-refractivity contribution < 1.29 is 4.39 Å². The fourth-order valence-electron chi connectivity index (χ4n) is 0.837. The standard InChI is InChI=1S/C8H10FNS/c1-11-8-3-2-6(5-10)4-7(8)9/h2-4H,5,10H2,1H3. The van der Waals surface area contributed by atoms with Gasteiger partial charge in [0.25, 0.3) is 0 Å². The highest BCUT2D eigenvalue weighted by Gasteiger charge is 1.99. The highest BCUT2D eigenvalue weighted by molar-refractivity contribution is 7.98. The van der Waals surface area contributed by atoms with Crippen molar-refractivity contribution >= 4 is 11.8 Å². The third-order valence-electron chi connectivity index (χ3n) is 1.45. The first-order valence-electron chi connectivity index (χ1n) is 3.30. The van der Waals surface area contributed by atoms with Crippen molar-refractivity contribution in [2.75, 3.05) is 6.26 Å². The van der Waals surface area contributed by atoms with E-state index in [9.17, 15) is 4.39 Å². The summed E-state index contributed by atoms with van der Waals surface area (Å²) in [6.45, 7) is 0.394. The van der Waals surface area contributed by atoms with E-state index in [0.717, 1.165) is 5.56 Å². The number of hydrogen-bond acceptors (Lipinski definition) is 2. The summed E-state index contributed by atoms with van der Waals surface area (Å²) < 4.78 is 13.0. The molecule has 1 aromatic carbocycles. The number of rotatable bonds is 2. The van der Waals surface area contributed by atoms with Gasteiger partial charge in [0.05, 0.1) is 0 Å². The van der Waals surface area contributed by atoms with Gasteiger partial charge in [-0.2, -0.15) is 0 Å². The fourth-order valence-corrected chi connectivity index (χ4v) is 1.29. The van der Waals surface area contributed by atoms with Crippen molar-refractivity contribution in [1.29, 1.82) is 0 Å². The zero-order chi connectivity index (χ0) is 8.27. The first kappa shape index (κ1) is 8.56. The minimum atomic E-state index is -0.180. The molecule has 2 N–H and O–H groups in total. The van der Waals surface area contributed by atoms with E-state index < -0.39 is 0 Å². The molecule has 0 atom stereocenters. The maximum atomic E-state index is 13.0. The Morgan fingerprint density at radius 1 is 1.55 bits per heavy atom. The summed E-state index contributed by atoms with van der Waals surface area (Å²) in [4.78, 5) is 0.669. The Morgan fingerprint density at radius 3 is 2.73 bits per heavy atom. The van der Waals surface area contributed by atoms with Crippen LogP contribution in [0, 0.1) is 5.82 Å². The van der Waals surface area contributed by atoms with Crippen LogP contribution in [-0.2, 0) is 6.54 Å². The van der Waals surface area contributed by atoms with Crippen molar-refractivity contribution in [2.45, 2.75) is 11.4 Å². The number of halogens is 1. The first-order chi connectivity index (χ1) is 5.27. The van der Waals surface area contributed by atoms with Crippen LogP contribution in [0.4, 0.5) is 4.39 Å². The predicted molar refractivity (Wildman–Crippen MR) is 46.1 cm³/mol. The first-order valence-corrected chi connectivity index (χ1v) is 4.53. The summed E-state index contributed by atoms with van der Waals surface area (Å²) in [6.07, 6.45) is 1.85. The van der Waals surface area contributed by atoms with Crippen LogP contribution in [-0.4, -0.2) is 6.26 Å². The molecule has 11 heavy (non-hydrogen) atoms. The molecule has 0 spiro atoms. The van der Waals surface area contributed by atoms with Crippen molar-refractivity contribution in [3.05, 3.63) is 29.6 Å². The maximum Gasteiger partial charge on any atom is 0.137 e. The topological polar surface area (TPSA) is 26.0 Å². The smallest absolute Gasteiger partial charge is 0.137 e. The van der Waals surface area contributed by atoms with Gasteiger partial charge in [-0.3, -0.25) is 0 Å². The van der Waals surface area contributed by atoms with Crippen molar-refractivity contribution in [3.8, 4) is 0 Å². The van der Waals surface area contributed by atoms with Gasteiger partial charge in [-0.05, 0) is 24.0 Å². The quantitative estimate of drug-likeness (QED) is 0.689. The molecule has 0 heterocycles. The van der Waals surface area contributed by atoms with Crippen molar-refractivity contribution in [2.24, 2.45) is 5.73 Å². The Morgan fingerprint density at radius 2 is 2.27 bits per heavy atom. The largest absolute Gasteiger partial charge is 0.326 e. The molecule has 0 aliphatic carbocycles. The van der Waals surface area contributed by atoms with Crippen LogP contribution in [0.2, 0.25) is 0 Å². The van der Waals surface area contributed by atoms with Gasteiger partial charge in [-0.1, -0.05) is 6.07 Å². The average molecular weight is 171 g/mol. The summed E-state index contributed by atoms with van der Waals surface area (Å²) in [5, 5.41) is 0. The number of hydrogen-bond donors (Lipinski definition) is 1. The van der Waals surface area contributed by atoms with E-state index in [0.29, 0.717) is 11.4 Å². The van der Waals surface area contributed by atoms with Crippen LogP contribution in [0.15, 0.2) is 23.1 Å². The Balaban J connectivity index is 2.99. The zero-order valence-electron chi connectivity index (χ0n) is 6.30. The summed E-state index contributed by atoms with van der Waals surface area (Å²) in [5.74, 6) is -0.180. The van der Waals surface area contributed by atoms with E-state index in [1.54, 1.807) is 6.07 Å². The molecule has 0 amide bonds. The monoisotopic (exact) mass is 171 g/mol. The summed E-state index contributed by atoms with van der Waals surface area (Å²) in [7, 11) is 0. The molecule has 0 saturated carbocycles. The zero-order valence-corrected chi connectivity index (χ0v) is 7.12. The Labute approximate surface area is 69.8 Å². The number of thioether (sulfide) groups is 1. The van der Waals surface area contributed by atoms with Gasteiger partial charge in [-0.15, -0.1) is 11.8 Å². The molecule has 0 aliphatic rings. The summed E-state index contributed by atoms with van der Waals surface area (Å²) >= 11 is 1.40. The fraction of sp³-hybridized carbons (Fsp3) is 0.250. The predicted octanol–water partition coefficient (Wildman–Crippen LogP) is 2.01. The maximum absolute atomic E-state index is 13.0. The lowest BCUT2D eigenvalue weighted by atomic mass is 10.2. The molecular weight excluding hydrogens is 161 g/mol. The van der Waals surface area contributed by atoms with Gasteiger partial charge in [0, 0.05) is 11.4 Å².